The highest BCUT2D eigenvalue weighted by molar-refractivity contribution is 5.78. The number of fused-ring (bicyclic) bond motifs is 1. The number of benzene rings is 1. The Morgan fingerprint density at radius 1 is 1.33 bits per heavy atom. The van der Waals surface area contributed by atoms with E-state index in [2.05, 4.69) is 10.3 Å². The van der Waals surface area contributed by atoms with Crippen LogP contribution in [0.15, 0.2) is 24.3 Å². The highest BCUT2D eigenvalue weighted by atomic mass is 16.6. The van der Waals surface area contributed by atoms with E-state index in [0.29, 0.717) is 39.0 Å². The lowest BCUT2D eigenvalue weighted by Gasteiger charge is -2.21. The van der Waals surface area contributed by atoms with Gasteiger partial charge in [-0.25, -0.2) is 9.48 Å². The number of carbonyl (C=O) groups is 2. The highest BCUT2D eigenvalue weighted by Crippen LogP contribution is 2.32. The summed E-state index contributed by atoms with van der Waals surface area (Å²) < 4.78 is 7.23. The zero-order valence-corrected chi connectivity index (χ0v) is 13.5. The Hall–Kier alpha value is -2.64. The Morgan fingerprint density at radius 3 is 2.96 bits per heavy atom. The third kappa shape index (κ3) is 2.47. The molecule has 1 atom stereocenters. The van der Waals surface area contributed by atoms with Crippen molar-refractivity contribution in [1.29, 1.82) is 0 Å². The molecule has 1 aromatic carbocycles. The number of amides is 2. The zero-order valence-electron chi connectivity index (χ0n) is 13.5. The topological polar surface area (TPSA) is 80.6 Å². The molecule has 0 bridgehead atoms. The number of ether oxygens (including phenoxy) is 1. The van der Waals surface area contributed by atoms with Crippen molar-refractivity contribution in [1.82, 2.24) is 24.8 Å². The van der Waals surface area contributed by atoms with E-state index >= 15 is 0 Å². The van der Waals surface area contributed by atoms with Crippen LogP contribution in [0.4, 0.5) is 4.79 Å². The van der Waals surface area contributed by atoms with E-state index in [9.17, 15) is 9.59 Å². The Kier molecular flexibility index (Phi) is 3.40. The quantitative estimate of drug-likeness (QED) is 0.835. The van der Waals surface area contributed by atoms with Crippen LogP contribution >= 0.6 is 0 Å². The van der Waals surface area contributed by atoms with Crippen molar-refractivity contribution in [3.05, 3.63) is 24.3 Å². The Labute approximate surface area is 139 Å². The number of aromatic nitrogens is 3. The van der Waals surface area contributed by atoms with Crippen molar-refractivity contribution < 1.29 is 14.3 Å². The number of aryl methyl sites for hydroxylation is 1. The molecule has 3 heterocycles. The lowest BCUT2D eigenvalue weighted by Crippen LogP contribution is -2.39. The predicted molar refractivity (Wildman–Crippen MR) is 85.2 cm³/mol. The van der Waals surface area contributed by atoms with E-state index in [1.807, 2.05) is 24.3 Å². The van der Waals surface area contributed by atoms with E-state index in [1.54, 1.807) is 21.5 Å². The normalized spacial score (nSPS) is 23.5. The van der Waals surface area contributed by atoms with Gasteiger partial charge in [-0.15, -0.1) is 5.10 Å². The molecule has 2 saturated heterocycles. The van der Waals surface area contributed by atoms with Crippen LogP contribution < -0.4 is 0 Å². The number of para-hydroxylation sites is 1. The fraction of sp³-hybridized carbons (Fsp3) is 0.500. The molecule has 0 aliphatic carbocycles. The second kappa shape index (κ2) is 5.47. The maximum Gasteiger partial charge on any atom is 0.410 e. The minimum absolute atomic E-state index is 0.0528. The third-order valence-corrected chi connectivity index (χ3v) is 4.77. The van der Waals surface area contributed by atoms with Gasteiger partial charge in [0.2, 0.25) is 5.91 Å². The van der Waals surface area contributed by atoms with Gasteiger partial charge in [0, 0.05) is 26.4 Å². The summed E-state index contributed by atoms with van der Waals surface area (Å²) in [6, 6.07) is 7.68. The fourth-order valence-corrected chi connectivity index (χ4v) is 3.50. The molecule has 2 aromatic rings. The van der Waals surface area contributed by atoms with Gasteiger partial charge in [-0.05, 0) is 12.1 Å². The minimum atomic E-state index is -0.526. The van der Waals surface area contributed by atoms with Gasteiger partial charge in [0.05, 0.1) is 25.2 Å². The SMILES string of the molecule is CN1CC2(CCN(C(=O)CCn3nnc4ccccc43)C2)OC1=O. The number of likely N-dealkylation sites (tertiary alicyclic amines) is 1. The van der Waals surface area contributed by atoms with E-state index < -0.39 is 5.60 Å². The molecule has 8 heteroatoms. The van der Waals surface area contributed by atoms with Gasteiger partial charge in [-0.1, -0.05) is 17.3 Å². The number of nitrogens with zero attached hydrogens (tertiary/aromatic N) is 5. The summed E-state index contributed by atoms with van der Waals surface area (Å²) in [6.07, 6.45) is 0.743. The fourth-order valence-electron chi connectivity index (χ4n) is 3.50. The summed E-state index contributed by atoms with van der Waals surface area (Å²) in [5.41, 5.74) is 1.22. The lowest BCUT2D eigenvalue weighted by atomic mass is 10.0. The van der Waals surface area contributed by atoms with Gasteiger partial charge in [0.1, 0.15) is 5.52 Å². The van der Waals surface area contributed by atoms with Gasteiger partial charge in [0.25, 0.3) is 0 Å². The first kappa shape index (κ1) is 14.9. The van der Waals surface area contributed by atoms with Gasteiger partial charge in [-0.2, -0.15) is 0 Å². The molecule has 2 amide bonds. The van der Waals surface area contributed by atoms with Gasteiger partial charge < -0.3 is 14.5 Å². The second-order valence-corrected chi connectivity index (χ2v) is 6.52. The molecular weight excluding hydrogens is 310 g/mol. The first-order valence-corrected chi connectivity index (χ1v) is 8.06. The number of rotatable bonds is 3. The first-order valence-electron chi connectivity index (χ1n) is 8.06. The Bertz CT molecular complexity index is 804. The van der Waals surface area contributed by atoms with Crippen LogP contribution in [-0.4, -0.2) is 69.1 Å². The van der Waals surface area contributed by atoms with Crippen molar-refractivity contribution in [3.8, 4) is 0 Å². The van der Waals surface area contributed by atoms with Crippen LogP contribution in [0, 0.1) is 0 Å². The molecule has 2 aliphatic rings. The van der Waals surface area contributed by atoms with E-state index in [1.165, 1.54) is 0 Å². The predicted octanol–water partition coefficient (Wildman–Crippen LogP) is 0.875. The molecule has 8 nitrogen and oxygen atoms in total. The average Bonchev–Trinajstić information content (AvgIpc) is 3.24. The van der Waals surface area contributed by atoms with Crippen LogP contribution in [-0.2, 0) is 16.1 Å². The standard InChI is InChI=1S/C16H19N5O3/c1-19-10-16(24-15(19)23)7-9-20(11-16)14(22)6-8-21-13-5-3-2-4-12(13)17-18-21/h2-5H,6-11H2,1H3. The maximum atomic E-state index is 12.5. The molecule has 0 N–H and O–H groups in total. The molecule has 126 valence electrons. The van der Waals surface area contributed by atoms with Gasteiger partial charge >= 0.3 is 6.09 Å². The van der Waals surface area contributed by atoms with Crippen LogP contribution in [0.5, 0.6) is 0 Å². The third-order valence-electron chi connectivity index (χ3n) is 4.77. The molecular formula is C16H19N5O3. The maximum absolute atomic E-state index is 12.5. The smallest absolute Gasteiger partial charge is 0.410 e. The minimum Gasteiger partial charge on any atom is -0.439 e. The van der Waals surface area contributed by atoms with Crippen molar-refractivity contribution in [3.63, 3.8) is 0 Å². The Morgan fingerprint density at radius 2 is 2.17 bits per heavy atom. The molecule has 2 fully saturated rings. The number of likely N-dealkylation sites (N-methyl/N-ethyl adjacent to an activating group) is 1. The summed E-state index contributed by atoms with van der Waals surface area (Å²) in [7, 11) is 1.72. The van der Waals surface area contributed by atoms with Crippen LogP contribution in [0.25, 0.3) is 11.0 Å². The number of hydrogen-bond donors (Lipinski definition) is 0. The summed E-state index contributed by atoms with van der Waals surface area (Å²) in [4.78, 5) is 27.4. The zero-order chi connectivity index (χ0) is 16.7. The summed E-state index contributed by atoms with van der Waals surface area (Å²) in [5, 5.41) is 8.20. The van der Waals surface area contributed by atoms with Crippen LogP contribution in [0.3, 0.4) is 0 Å². The average molecular weight is 329 g/mol. The van der Waals surface area contributed by atoms with E-state index in [0.717, 1.165) is 11.0 Å². The van der Waals surface area contributed by atoms with Crippen molar-refractivity contribution in [2.45, 2.75) is 25.0 Å². The van der Waals surface area contributed by atoms with Crippen molar-refractivity contribution in [2.24, 2.45) is 0 Å². The monoisotopic (exact) mass is 329 g/mol. The Balaban J connectivity index is 1.38. The van der Waals surface area contributed by atoms with E-state index in [4.69, 9.17) is 4.74 Å². The molecule has 1 unspecified atom stereocenters. The lowest BCUT2D eigenvalue weighted by molar-refractivity contribution is -0.131. The molecule has 2 aliphatic heterocycles. The number of carbonyl (C=O) groups excluding carboxylic acids is 2. The van der Waals surface area contributed by atoms with Crippen LogP contribution in [0.2, 0.25) is 0 Å². The largest absolute Gasteiger partial charge is 0.439 e. The van der Waals surface area contributed by atoms with E-state index in [-0.39, 0.29) is 12.0 Å². The molecule has 1 aromatic heterocycles. The number of hydrogen-bond acceptors (Lipinski definition) is 5. The first-order chi connectivity index (χ1) is 11.6. The van der Waals surface area contributed by atoms with Gasteiger partial charge in [0.15, 0.2) is 5.60 Å². The van der Waals surface area contributed by atoms with Crippen LogP contribution in [0.1, 0.15) is 12.8 Å². The molecule has 4 rings (SSSR count). The molecule has 0 radical (unpaired) electrons. The van der Waals surface area contributed by atoms with Crippen molar-refractivity contribution >= 4 is 23.0 Å². The summed E-state index contributed by atoms with van der Waals surface area (Å²) in [5.74, 6) is 0.0528. The molecule has 1 spiro atoms. The summed E-state index contributed by atoms with van der Waals surface area (Å²) >= 11 is 0. The molecule has 24 heavy (non-hydrogen) atoms. The second-order valence-electron chi connectivity index (χ2n) is 6.52. The van der Waals surface area contributed by atoms with Gasteiger partial charge in [-0.3, -0.25) is 4.79 Å². The highest BCUT2D eigenvalue weighted by Gasteiger charge is 2.49. The molecule has 0 saturated carbocycles. The summed E-state index contributed by atoms with van der Waals surface area (Å²) in [6.45, 7) is 2.13. The van der Waals surface area contributed by atoms with Crippen molar-refractivity contribution in [2.75, 3.05) is 26.7 Å².